The standard InChI is InChI=1S/C9H10F2N2O2/c1-2-15-8(14)6-5-3-4-9(10,11)7(5)13-12-6/h2-4H2,1H3,(H,12,13). The molecule has 0 bridgehead atoms. The number of carbonyl (C=O) groups excluding carboxylic acids is 1. The lowest BCUT2D eigenvalue weighted by Gasteiger charge is -2.05. The summed E-state index contributed by atoms with van der Waals surface area (Å²) in [6, 6.07) is 0. The lowest BCUT2D eigenvalue weighted by atomic mass is 10.2. The Labute approximate surface area is 84.6 Å². The minimum Gasteiger partial charge on any atom is -0.461 e. The summed E-state index contributed by atoms with van der Waals surface area (Å²) < 4.78 is 31.1. The summed E-state index contributed by atoms with van der Waals surface area (Å²) in [5.74, 6) is -3.54. The molecule has 1 aromatic heterocycles. The molecule has 1 heterocycles. The molecule has 2 rings (SSSR count). The van der Waals surface area contributed by atoms with Crippen molar-refractivity contribution < 1.29 is 18.3 Å². The number of H-pyrrole nitrogens is 1. The van der Waals surface area contributed by atoms with Crippen molar-refractivity contribution in [2.75, 3.05) is 6.61 Å². The molecule has 0 amide bonds. The topological polar surface area (TPSA) is 55.0 Å². The van der Waals surface area contributed by atoms with Gasteiger partial charge in [0, 0.05) is 12.0 Å². The van der Waals surface area contributed by atoms with Crippen molar-refractivity contribution in [2.24, 2.45) is 0 Å². The SMILES string of the molecule is CCOC(=O)c1n[nH]c2c1CCC2(F)F. The third-order valence-corrected chi connectivity index (χ3v) is 2.39. The number of esters is 1. The second kappa shape index (κ2) is 3.29. The van der Waals surface area contributed by atoms with Crippen molar-refractivity contribution in [1.82, 2.24) is 10.2 Å². The number of fused-ring (bicyclic) bond motifs is 1. The van der Waals surface area contributed by atoms with Crippen LogP contribution in [0.2, 0.25) is 0 Å². The molecule has 0 aromatic carbocycles. The van der Waals surface area contributed by atoms with Crippen molar-refractivity contribution in [2.45, 2.75) is 25.7 Å². The Kier molecular flexibility index (Phi) is 2.21. The molecule has 0 saturated carbocycles. The Morgan fingerprint density at radius 2 is 2.40 bits per heavy atom. The highest BCUT2D eigenvalue weighted by atomic mass is 19.3. The van der Waals surface area contributed by atoms with E-state index in [1.165, 1.54) is 0 Å². The summed E-state index contributed by atoms with van der Waals surface area (Å²) in [5, 5.41) is 5.79. The van der Waals surface area contributed by atoms with Crippen LogP contribution in [-0.2, 0) is 17.1 Å². The van der Waals surface area contributed by atoms with Gasteiger partial charge < -0.3 is 4.74 Å². The molecular formula is C9H10F2N2O2. The first-order valence-corrected chi connectivity index (χ1v) is 4.69. The Morgan fingerprint density at radius 3 is 3.07 bits per heavy atom. The third kappa shape index (κ3) is 1.49. The predicted octanol–water partition coefficient (Wildman–Crippen LogP) is 1.62. The van der Waals surface area contributed by atoms with Crippen LogP contribution < -0.4 is 0 Å². The van der Waals surface area contributed by atoms with Crippen LogP contribution in [0.1, 0.15) is 35.1 Å². The second-order valence-corrected chi connectivity index (χ2v) is 3.35. The largest absolute Gasteiger partial charge is 0.461 e. The molecule has 6 heteroatoms. The van der Waals surface area contributed by atoms with Crippen LogP contribution >= 0.6 is 0 Å². The van der Waals surface area contributed by atoms with Gasteiger partial charge in [0.2, 0.25) is 0 Å². The van der Waals surface area contributed by atoms with Crippen LogP contribution in [0.15, 0.2) is 0 Å². The fourth-order valence-electron chi connectivity index (χ4n) is 1.69. The Bertz CT molecular complexity index is 401. The monoisotopic (exact) mass is 216 g/mol. The number of nitrogens with zero attached hydrogens (tertiary/aromatic N) is 1. The van der Waals surface area contributed by atoms with Crippen molar-refractivity contribution in [3.63, 3.8) is 0 Å². The molecule has 0 unspecified atom stereocenters. The van der Waals surface area contributed by atoms with Gasteiger partial charge in [0.05, 0.1) is 6.61 Å². The number of carbonyl (C=O) groups is 1. The highest BCUT2D eigenvalue weighted by Gasteiger charge is 2.43. The van der Waals surface area contributed by atoms with E-state index < -0.39 is 11.9 Å². The number of hydrogen-bond acceptors (Lipinski definition) is 3. The van der Waals surface area contributed by atoms with Gasteiger partial charge in [-0.1, -0.05) is 0 Å². The summed E-state index contributed by atoms with van der Waals surface area (Å²) in [4.78, 5) is 11.3. The zero-order valence-corrected chi connectivity index (χ0v) is 8.14. The first kappa shape index (κ1) is 10.1. The highest BCUT2D eigenvalue weighted by Crippen LogP contribution is 2.41. The van der Waals surface area contributed by atoms with Crippen LogP contribution in [0.25, 0.3) is 0 Å². The molecule has 1 aliphatic carbocycles. The minimum atomic E-state index is -2.90. The number of nitrogens with one attached hydrogen (secondary N) is 1. The van der Waals surface area contributed by atoms with Gasteiger partial charge >= 0.3 is 5.97 Å². The molecule has 0 saturated heterocycles. The molecular weight excluding hydrogens is 206 g/mol. The van der Waals surface area contributed by atoms with Gasteiger partial charge in [-0.15, -0.1) is 0 Å². The normalized spacial score (nSPS) is 17.5. The number of aromatic nitrogens is 2. The summed E-state index contributed by atoms with van der Waals surface area (Å²) in [7, 11) is 0. The van der Waals surface area contributed by atoms with E-state index in [-0.39, 0.29) is 30.8 Å². The zero-order valence-electron chi connectivity index (χ0n) is 8.14. The van der Waals surface area contributed by atoms with E-state index in [9.17, 15) is 13.6 Å². The van der Waals surface area contributed by atoms with Crippen LogP contribution in [0.3, 0.4) is 0 Å². The van der Waals surface area contributed by atoms with Crippen molar-refractivity contribution in [1.29, 1.82) is 0 Å². The quantitative estimate of drug-likeness (QED) is 0.764. The molecule has 4 nitrogen and oxygen atoms in total. The van der Waals surface area contributed by atoms with Crippen LogP contribution in [-0.4, -0.2) is 22.8 Å². The van der Waals surface area contributed by atoms with Crippen molar-refractivity contribution >= 4 is 5.97 Å². The van der Waals surface area contributed by atoms with E-state index in [2.05, 4.69) is 10.2 Å². The van der Waals surface area contributed by atoms with Gasteiger partial charge in [0.25, 0.3) is 5.92 Å². The number of aromatic amines is 1. The predicted molar refractivity (Wildman–Crippen MR) is 46.8 cm³/mol. The van der Waals surface area contributed by atoms with Gasteiger partial charge in [-0.05, 0) is 13.3 Å². The maximum atomic E-state index is 13.2. The van der Waals surface area contributed by atoms with E-state index in [1.807, 2.05) is 0 Å². The molecule has 0 spiro atoms. The summed E-state index contributed by atoms with van der Waals surface area (Å²) in [5.41, 5.74) is 0.0352. The molecule has 0 radical (unpaired) electrons. The smallest absolute Gasteiger partial charge is 0.359 e. The minimum absolute atomic E-state index is 0.0102. The molecule has 1 aromatic rings. The fraction of sp³-hybridized carbons (Fsp3) is 0.556. The van der Waals surface area contributed by atoms with E-state index >= 15 is 0 Å². The van der Waals surface area contributed by atoms with E-state index in [0.717, 1.165) is 0 Å². The molecule has 0 fully saturated rings. The van der Waals surface area contributed by atoms with Crippen molar-refractivity contribution in [3.05, 3.63) is 17.0 Å². The van der Waals surface area contributed by atoms with Gasteiger partial charge in [0.15, 0.2) is 5.69 Å². The average Bonchev–Trinajstić information content (AvgIpc) is 2.69. The van der Waals surface area contributed by atoms with Crippen LogP contribution in [0.5, 0.6) is 0 Å². The summed E-state index contributed by atoms with van der Waals surface area (Å²) in [6.07, 6.45) is -0.115. The van der Waals surface area contributed by atoms with E-state index in [4.69, 9.17) is 4.74 Å². The first-order chi connectivity index (χ1) is 7.06. The Balaban J connectivity index is 2.34. The number of alkyl halides is 2. The van der Waals surface area contributed by atoms with Crippen LogP contribution in [0, 0.1) is 0 Å². The van der Waals surface area contributed by atoms with Crippen LogP contribution in [0.4, 0.5) is 8.78 Å². The number of ether oxygens (including phenoxy) is 1. The molecule has 0 aliphatic heterocycles. The lowest BCUT2D eigenvalue weighted by molar-refractivity contribution is -0.00649. The number of rotatable bonds is 2. The third-order valence-electron chi connectivity index (χ3n) is 2.39. The van der Waals surface area contributed by atoms with E-state index in [0.29, 0.717) is 5.56 Å². The van der Waals surface area contributed by atoms with Gasteiger partial charge in [-0.25, -0.2) is 4.79 Å². The summed E-state index contributed by atoms with van der Waals surface area (Å²) >= 11 is 0. The van der Waals surface area contributed by atoms with Gasteiger partial charge in [-0.2, -0.15) is 13.9 Å². The van der Waals surface area contributed by atoms with Gasteiger partial charge in [0.1, 0.15) is 5.69 Å². The second-order valence-electron chi connectivity index (χ2n) is 3.35. The molecule has 82 valence electrons. The molecule has 1 N–H and O–H groups in total. The molecule has 1 aliphatic rings. The zero-order chi connectivity index (χ0) is 11.1. The maximum Gasteiger partial charge on any atom is 0.359 e. The summed E-state index contributed by atoms with van der Waals surface area (Å²) in [6.45, 7) is 1.86. The molecule has 0 atom stereocenters. The highest BCUT2D eigenvalue weighted by molar-refractivity contribution is 5.89. The maximum absolute atomic E-state index is 13.2. The average molecular weight is 216 g/mol. The fourth-order valence-corrected chi connectivity index (χ4v) is 1.69. The Morgan fingerprint density at radius 1 is 1.67 bits per heavy atom. The Hall–Kier alpha value is -1.46. The number of halogens is 2. The van der Waals surface area contributed by atoms with E-state index in [1.54, 1.807) is 6.92 Å². The van der Waals surface area contributed by atoms with Crippen molar-refractivity contribution in [3.8, 4) is 0 Å². The molecule has 15 heavy (non-hydrogen) atoms. The first-order valence-electron chi connectivity index (χ1n) is 4.69. The van der Waals surface area contributed by atoms with Gasteiger partial charge in [-0.3, -0.25) is 5.10 Å². The lowest BCUT2D eigenvalue weighted by Crippen LogP contribution is -2.08. The number of hydrogen-bond donors (Lipinski definition) is 1.